The average molecular weight is 420 g/mol. The van der Waals surface area contributed by atoms with Crippen LogP contribution in [0.2, 0.25) is 5.02 Å². The van der Waals surface area contributed by atoms with Crippen molar-refractivity contribution in [1.29, 1.82) is 0 Å². The quantitative estimate of drug-likeness (QED) is 0.587. The predicted molar refractivity (Wildman–Crippen MR) is 115 cm³/mol. The highest BCUT2D eigenvalue weighted by Crippen LogP contribution is 2.49. The number of benzene rings is 1. The van der Waals surface area contributed by atoms with E-state index in [4.69, 9.17) is 23.8 Å². The van der Waals surface area contributed by atoms with Crippen LogP contribution in [-0.4, -0.2) is 40.5 Å². The molecule has 2 saturated heterocycles. The first kappa shape index (κ1) is 19.6. The Morgan fingerprint density at radius 2 is 2.11 bits per heavy atom. The van der Waals surface area contributed by atoms with E-state index in [0.717, 1.165) is 49.9 Å². The van der Waals surface area contributed by atoms with E-state index in [1.165, 1.54) is 0 Å². The van der Waals surface area contributed by atoms with Gasteiger partial charge in [-0.15, -0.1) is 0 Å². The van der Waals surface area contributed by atoms with Gasteiger partial charge in [0.2, 0.25) is 11.8 Å². The summed E-state index contributed by atoms with van der Waals surface area (Å²) in [5.41, 5.74) is 0.769. The first-order valence-corrected chi connectivity index (χ1v) is 10.9. The van der Waals surface area contributed by atoms with E-state index in [9.17, 15) is 9.59 Å². The van der Waals surface area contributed by atoms with Gasteiger partial charge in [0, 0.05) is 29.7 Å². The Morgan fingerprint density at radius 3 is 2.86 bits per heavy atom. The summed E-state index contributed by atoms with van der Waals surface area (Å²) in [6.45, 7) is 4.83. The van der Waals surface area contributed by atoms with E-state index < -0.39 is 5.41 Å². The SMILES string of the molecule is CCC(C)N1C(=O)C2(Cc3c(Cl)cccc3N3CCCCCC32)C(=O)NC1=S. The summed E-state index contributed by atoms with van der Waals surface area (Å²) in [5, 5.41) is 3.70. The number of hydrogen-bond acceptors (Lipinski definition) is 4. The minimum Gasteiger partial charge on any atom is -0.367 e. The van der Waals surface area contributed by atoms with E-state index in [0.29, 0.717) is 11.4 Å². The first-order chi connectivity index (χ1) is 13.4. The number of hydrogen-bond donors (Lipinski definition) is 1. The van der Waals surface area contributed by atoms with Crippen molar-refractivity contribution in [2.45, 2.75) is 64.5 Å². The van der Waals surface area contributed by atoms with Crippen molar-refractivity contribution < 1.29 is 9.59 Å². The molecule has 1 aromatic rings. The Balaban J connectivity index is 1.90. The number of fused-ring (bicyclic) bond motifs is 4. The molecule has 5 nitrogen and oxygen atoms in total. The number of nitrogens with one attached hydrogen (secondary N) is 1. The van der Waals surface area contributed by atoms with Gasteiger partial charge in [-0.3, -0.25) is 14.5 Å². The highest BCUT2D eigenvalue weighted by molar-refractivity contribution is 7.80. The third-order valence-corrected chi connectivity index (χ3v) is 7.31. The molecule has 3 heterocycles. The third kappa shape index (κ3) is 2.76. The lowest BCUT2D eigenvalue weighted by atomic mass is 9.67. The second-order valence-electron chi connectivity index (χ2n) is 8.14. The normalized spacial score (nSPS) is 28.5. The van der Waals surface area contributed by atoms with Crippen molar-refractivity contribution in [1.82, 2.24) is 10.2 Å². The molecule has 0 radical (unpaired) electrons. The molecule has 0 saturated carbocycles. The first-order valence-electron chi connectivity index (χ1n) is 10.1. The maximum Gasteiger partial charge on any atom is 0.247 e. The molecule has 0 bridgehead atoms. The lowest BCUT2D eigenvalue weighted by molar-refractivity contribution is -0.153. The molecule has 1 aromatic carbocycles. The summed E-state index contributed by atoms with van der Waals surface area (Å²) in [5.74, 6) is -0.442. The molecule has 3 aliphatic heterocycles. The molecular weight excluding hydrogens is 394 g/mol. The number of halogens is 1. The maximum atomic E-state index is 13.9. The van der Waals surface area contributed by atoms with Crippen molar-refractivity contribution >= 4 is 46.4 Å². The summed E-state index contributed by atoms with van der Waals surface area (Å²) in [7, 11) is 0. The van der Waals surface area contributed by atoms with Gasteiger partial charge in [-0.25, -0.2) is 0 Å². The van der Waals surface area contributed by atoms with Gasteiger partial charge in [-0.2, -0.15) is 0 Å². The minimum atomic E-state index is -1.19. The van der Waals surface area contributed by atoms with Crippen molar-refractivity contribution in [2.75, 3.05) is 11.4 Å². The molecule has 1 N–H and O–H groups in total. The minimum absolute atomic E-state index is 0.0654. The van der Waals surface area contributed by atoms with Crippen LogP contribution >= 0.6 is 23.8 Å². The molecule has 7 heteroatoms. The number of carbonyl (C=O) groups is 2. The third-order valence-electron chi connectivity index (χ3n) is 6.66. The maximum absolute atomic E-state index is 13.9. The largest absolute Gasteiger partial charge is 0.367 e. The van der Waals surface area contributed by atoms with Crippen molar-refractivity contribution in [2.24, 2.45) is 5.41 Å². The molecule has 3 atom stereocenters. The van der Waals surface area contributed by atoms with Crippen molar-refractivity contribution in [3.05, 3.63) is 28.8 Å². The van der Waals surface area contributed by atoms with Gasteiger partial charge in [0.15, 0.2) is 10.5 Å². The summed E-state index contributed by atoms with van der Waals surface area (Å²) >= 11 is 11.9. The molecule has 1 spiro atoms. The number of rotatable bonds is 2. The topological polar surface area (TPSA) is 52.7 Å². The average Bonchev–Trinajstić information content (AvgIpc) is 2.93. The summed E-state index contributed by atoms with van der Waals surface area (Å²) < 4.78 is 0. The van der Waals surface area contributed by atoms with Crippen LogP contribution in [0.4, 0.5) is 5.69 Å². The van der Waals surface area contributed by atoms with Crippen LogP contribution in [0.15, 0.2) is 18.2 Å². The zero-order valence-electron chi connectivity index (χ0n) is 16.3. The Hall–Kier alpha value is -1.66. The van der Waals surface area contributed by atoms with E-state index >= 15 is 0 Å². The van der Waals surface area contributed by atoms with Crippen LogP contribution in [0.1, 0.15) is 51.5 Å². The van der Waals surface area contributed by atoms with Crippen LogP contribution in [-0.2, 0) is 16.0 Å². The van der Waals surface area contributed by atoms with Gasteiger partial charge in [-0.05, 0) is 56.1 Å². The van der Waals surface area contributed by atoms with Gasteiger partial charge >= 0.3 is 0 Å². The highest BCUT2D eigenvalue weighted by atomic mass is 35.5. The standard InChI is InChI=1S/C21H26ClN3O2S/c1-3-13(2)25-19(27)21(18(26)23-20(25)28)12-14-15(22)8-7-9-16(14)24-11-6-4-5-10-17(21)24/h7-9,13,17H,3-6,10-12H2,1-2H3,(H,23,26,28). The van der Waals surface area contributed by atoms with E-state index in [-0.39, 0.29) is 29.0 Å². The van der Waals surface area contributed by atoms with Crippen LogP contribution in [0.25, 0.3) is 0 Å². The Labute approximate surface area is 176 Å². The monoisotopic (exact) mass is 419 g/mol. The number of amides is 2. The molecule has 2 fully saturated rings. The van der Waals surface area contributed by atoms with E-state index in [1.807, 2.05) is 26.0 Å². The highest BCUT2D eigenvalue weighted by Gasteiger charge is 2.61. The molecule has 3 aliphatic rings. The summed E-state index contributed by atoms with van der Waals surface area (Å²) in [6, 6.07) is 5.61. The second-order valence-corrected chi connectivity index (χ2v) is 8.93. The van der Waals surface area contributed by atoms with Crippen LogP contribution in [0.3, 0.4) is 0 Å². The molecule has 150 valence electrons. The molecule has 2 amide bonds. The summed E-state index contributed by atoms with van der Waals surface area (Å²) in [4.78, 5) is 31.2. The lowest BCUT2D eigenvalue weighted by Gasteiger charge is -2.53. The molecule has 0 aliphatic carbocycles. The number of nitrogens with zero attached hydrogens (tertiary/aromatic N) is 2. The molecule has 28 heavy (non-hydrogen) atoms. The van der Waals surface area contributed by atoms with Crippen LogP contribution in [0, 0.1) is 5.41 Å². The van der Waals surface area contributed by atoms with Crippen LogP contribution in [0.5, 0.6) is 0 Å². The Kier molecular flexibility index (Phi) is 5.12. The molecule has 3 unspecified atom stereocenters. The lowest BCUT2D eigenvalue weighted by Crippen LogP contribution is -2.73. The smallest absolute Gasteiger partial charge is 0.247 e. The van der Waals surface area contributed by atoms with Gasteiger partial charge in [0.1, 0.15) is 0 Å². The van der Waals surface area contributed by atoms with Gasteiger partial charge in [0.25, 0.3) is 0 Å². The second kappa shape index (κ2) is 7.30. The number of carbonyl (C=O) groups excluding carboxylic acids is 2. The zero-order valence-corrected chi connectivity index (χ0v) is 17.9. The molecule has 0 aromatic heterocycles. The zero-order chi connectivity index (χ0) is 20.1. The number of thiocarbonyl (C=S) groups is 1. The fourth-order valence-corrected chi connectivity index (χ4v) is 5.59. The van der Waals surface area contributed by atoms with Crippen LogP contribution < -0.4 is 10.2 Å². The Morgan fingerprint density at radius 1 is 1.32 bits per heavy atom. The molecular formula is C21H26ClN3O2S. The Bertz CT molecular complexity index is 845. The van der Waals surface area contributed by atoms with Gasteiger partial charge in [0.05, 0.1) is 6.04 Å². The van der Waals surface area contributed by atoms with E-state index in [1.54, 1.807) is 4.90 Å². The fourth-order valence-electron chi connectivity index (χ4n) is 5.00. The molecule has 4 rings (SSSR count). The van der Waals surface area contributed by atoms with Gasteiger partial charge < -0.3 is 10.2 Å². The fraction of sp³-hybridized carbons (Fsp3) is 0.571. The van der Waals surface area contributed by atoms with Crippen molar-refractivity contribution in [3.63, 3.8) is 0 Å². The number of anilines is 1. The van der Waals surface area contributed by atoms with Gasteiger partial charge in [-0.1, -0.05) is 37.4 Å². The van der Waals surface area contributed by atoms with Crippen molar-refractivity contribution in [3.8, 4) is 0 Å². The summed E-state index contributed by atoms with van der Waals surface area (Å²) in [6.07, 6.45) is 5.05. The predicted octanol–water partition coefficient (Wildman–Crippen LogP) is 3.67. The van der Waals surface area contributed by atoms with E-state index in [2.05, 4.69) is 16.3 Å².